The molecular formula is C25H30N2O2. The Morgan fingerprint density at radius 2 is 1.69 bits per heavy atom. The number of nitrogens with zero attached hydrogens (tertiary/aromatic N) is 1. The molecule has 1 saturated heterocycles. The van der Waals surface area contributed by atoms with Crippen molar-refractivity contribution in [2.24, 2.45) is 0 Å². The third-order valence-corrected chi connectivity index (χ3v) is 6.05. The van der Waals surface area contributed by atoms with E-state index in [1.54, 1.807) is 0 Å². The van der Waals surface area contributed by atoms with E-state index >= 15 is 0 Å². The van der Waals surface area contributed by atoms with Crippen molar-refractivity contribution in [1.29, 1.82) is 0 Å². The van der Waals surface area contributed by atoms with Crippen LogP contribution in [-0.2, 0) is 0 Å². The molecule has 4 nitrogen and oxygen atoms in total. The summed E-state index contributed by atoms with van der Waals surface area (Å²) in [6.45, 7) is 6.80. The van der Waals surface area contributed by atoms with Gasteiger partial charge in [0.05, 0.1) is 6.04 Å². The summed E-state index contributed by atoms with van der Waals surface area (Å²) < 4.78 is 5.85. The molecule has 3 aromatic rings. The number of rotatable bonds is 5. The Kier molecular flexibility index (Phi) is 6.00. The van der Waals surface area contributed by atoms with Crippen molar-refractivity contribution in [2.75, 3.05) is 19.6 Å². The quantitative estimate of drug-likeness (QED) is 0.635. The van der Waals surface area contributed by atoms with Gasteiger partial charge in [0.2, 0.25) is 0 Å². The molecule has 0 saturated carbocycles. The minimum atomic E-state index is -0.134. The van der Waals surface area contributed by atoms with Crippen molar-refractivity contribution in [3.05, 3.63) is 71.0 Å². The molecule has 1 aliphatic heterocycles. The van der Waals surface area contributed by atoms with Gasteiger partial charge in [-0.1, -0.05) is 60.9 Å². The fourth-order valence-electron chi connectivity index (χ4n) is 4.31. The molecular weight excluding hydrogens is 360 g/mol. The van der Waals surface area contributed by atoms with Crippen molar-refractivity contribution in [3.8, 4) is 0 Å². The minimum absolute atomic E-state index is 0.134. The maximum atomic E-state index is 13.0. The second-order valence-electron chi connectivity index (χ2n) is 8.14. The molecule has 4 rings (SSSR count). The SMILES string of the molecule is Cc1ccc([C@H](CNC(=O)c2oc3ccccc3c2C)N2CCCCCC2)cc1. The lowest BCUT2D eigenvalue weighted by molar-refractivity contribution is 0.0907. The Hall–Kier alpha value is -2.59. The normalized spacial score (nSPS) is 16.5. The van der Waals surface area contributed by atoms with Gasteiger partial charge in [-0.3, -0.25) is 9.69 Å². The number of benzene rings is 2. The largest absolute Gasteiger partial charge is 0.451 e. The highest BCUT2D eigenvalue weighted by molar-refractivity contribution is 5.98. The zero-order chi connectivity index (χ0) is 20.2. The highest BCUT2D eigenvalue weighted by atomic mass is 16.3. The molecule has 1 atom stereocenters. The first kappa shape index (κ1) is 19.7. The van der Waals surface area contributed by atoms with E-state index in [2.05, 4.69) is 41.4 Å². The number of amides is 1. The van der Waals surface area contributed by atoms with Crippen LogP contribution in [0.2, 0.25) is 0 Å². The molecule has 0 spiro atoms. The Labute approximate surface area is 172 Å². The molecule has 1 amide bonds. The number of nitrogens with one attached hydrogen (secondary N) is 1. The van der Waals surface area contributed by atoms with E-state index in [1.807, 2.05) is 31.2 Å². The second kappa shape index (κ2) is 8.83. The molecule has 1 aliphatic rings. The van der Waals surface area contributed by atoms with Gasteiger partial charge in [-0.25, -0.2) is 0 Å². The Bertz CT molecular complexity index is 966. The van der Waals surface area contributed by atoms with Crippen molar-refractivity contribution in [2.45, 2.75) is 45.6 Å². The Morgan fingerprint density at radius 1 is 1.00 bits per heavy atom. The van der Waals surface area contributed by atoms with Gasteiger partial charge in [0.25, 0.3) is 5.91 Å². The average Bonchev–Trinajstić information content (AvgIpc) is 2.90. The summed E-state index contributed by atoms with van der Waals surface area (Å²) in [4.78, 5) is 15.5. The maximum absolute atomic E-state index is 13.0. The van der Waals surface area contributed by atoms with Crippen molar-refractivity contribution in [1.82, 2.24) is 10.2 Å². The van der Waals surface area contributed by atoms with E-state index in [9.17, 15) is 4.79 Å². The molecule has 0 bridgehead atoms. The summed E-state index contributed by atoms with van der Waals surface area (Å²) in [7, 11) is 0. The molecule has 152 valence electrons. The smallest absolute Gasteiger partial charge is 0.287 e. The maximum Gasteiger partial charge on any atom is 0.287 e. The minimum Gasteiger partial charge on any atom is -0.451 e. The number of carbonyl (C=O) groups excluding carboxylic acids is 1. The number of aryl methyl sites for hydroxylation is 2. The molecule has 0 unspecified atom stereocenters. The van der Waals surface area contributed by atoms with E-state index in [1.165, 1.54) is 36.8 Å². The van der Waals surface area contributed by atoms with Crippen LogP contribution < -0.4 is 5.32 Å². The average molecular weight is 391 g/mol. The zero-order valence-corrected chi connectivity index (χ0v) is 17.4. The lowest BCUT2D eigenvalue weighted by atomic mass is 10.0. The number of carbonyl (C=O) groups is 1. The summed E-state index contributed by atoms with van der Waals surface area (Å²) in [6, 6.07) is 16.7. The molecule has 1 fully saturated rings. The lowest BCUT2D eigenvalue weighted by Gasteiger charge is -2.31. The van der Waals surface area contributed by atoms with Gasteiger partial charge >= 0.3 is 0 Å². The topological polar surface area (TPSA) is 45.5 Å². The van der Waals surface area contributed by atoms with Crippen molar-refractivity contribution in [3.63, 3.8) is 0 Å². The van der Waals surface area contributed by atoms with Gasteiger partial charge in [0.15, 0.2) is 5.76 Å². The summed E-state index contributed by atoms with van der Waals surface area (Å²) >= 11 is 0. The van der Waals surface area contributed by atoms with E-state index in [0.717, 1.165) is 29.6 Å². The predicted octanol–water partition coefficient (Wildman–Crippen LogP) is 5.40. The fraction of sp³-hybridized carbons (Fsp3) is 0.400. The summed E-state index contributed by atoms with van der Waals surface area (Å²) in [5.74, 6) is 0.287. The van der Waals surface area contributed by atoms with Crippen LogP contribution in [0.3, 0.4) is 0 Å². The first-order valence-corrected chi connectivity index (χ1v) is 10.7. The first-order chi connectivity index (χ1) is 14.1. The van der Waals surface area contributed by atoms with Crippen molar-refractivity contribution < 1.29 is 9.21 Å². The van der Waals surface area contributed by atoms with Gasteiger partial charge in [0.1, 0.15) is 5.58 Å². The predicted molar refractivity (Wildman–Crippen MR) is 117 cm³/mol. The van der Waals surface area contributed by atoms with Gasteiger partial charge < -0.3 is 9.73 Å². The molecule has 29 heavy (non-hydrogen) atoms. The summed E-state index contributed by atoms with van der Waals surface area (Å²) in [5, 5.41) is 4.16. The van der Waals surface area contributed by atoms with Crippen LogP contribution in [0.15, 0.2) is 52.9 Å². The third kappa shape index (κ3) is 4.38. The fourth-order valence-corrected chi connectivity index (χ4v) is 4.31. The van der Waals surface area contributed by atoms with Gasteiger partial charge in [-0.2, -0.15) is 0 Å². The second-order valence-corrected chi connectivity index (χ2v) is 8.14. The van der Waals surface area contributed by atoms with Gasteiger partial charge in [0, 0.05) is 17.5 Å². The van der Waals surface area contributed by atoms with E-state index in [0.29, 0.717) is 12.3 Å². The molecule has 2 heterocycles. The summed E-state index contributed by atoms with van der Waals surface area (Å²) in [5.41, 5.74) is 4.18. The molecule has 1 aromatic heterocycles. The first-order valence-electron chi connectivity index (χ1n) is 10.7. The molecule has 0 aliphatic carbocycles. The number of likely N-dealkylation sites (tertiary alicyclic amines) is 1. The van der Waals surface area contributed by atoms with Crippen LogP contribution in [0.1, 0.15) is 59.0 Å². The van der Waals surface area contributed by atoms with Crippen LogP contribution in [0.25, 0.3) is 11.0 Å². The molecule has 4 heteroatoms. The number of furan rings is 1. The summed E-state index contributed by atoms with van der Waals surface area (Å²) in [6.07, 6.45) is 5.03. The van der Waals surface area contributed by atoms with E-state index in [-0.39, 0.29) is 11.9 Å². The number of para-hydroxylation sites is 1. The Morgan fingerprint density at radius 3 is 2.38 bits per heavy atom. The van der Waals surface area contributed by atoms with Crippen LogP contribution in [0.5, 0.6) is 0 Å². The zero-order valence-electron chi connectivity index (χ0n) is 17.4. The highest BCUT2D eigenvalue weighted by Crippen LogP contribution is 2.26. The van der Waals surface area contributed by atoms with Crippen LogP contribution in [-0.4, -0.2) is 30.4 Å². The highest BCUT2D eigenvalue weighted by Gasteiger charge is 2.24. The van der Waals surface area contributed by atoms with E-state index in [4.69, 9.17) is 4.42 Å². The number of fused-ring (bicyclic) bond motifs is 1. The number of hydrogen-bond donors (Lipinski definition) is 1. The van der Waals surface area contributed by atoms with Crippen LogP contribution >= 0.6 is 0 Å². The number of hydrogen-bond acceptors (Lipinski definition) is 3. The molecule has 1 N–H and O–H groups in total. The van der Waals surface area contributed by atoms with E-state index < -0.39 is 0 Å². The van der Waals surface area contributed by atoms with Crippen LogP contribution in [0, 0.1) is 13.8 Å². The van der Waals surface area contributed by atoms with Crippen molar-refractivity contribution >= 4 is 16.9 Å². The molecule has 2 aromatic carbocycles. The monoisotopic (exact) mass is 390 g/mol. The third-order valence-electron chi connectivity index (χ3n) is 6.05. The molecule has 0 radical (unpaired) electrons. The Balaban J connectivity index is 1.54. The van der Waals surface area contributed by atoms with Gasteiger partial charge in [-0.05, 0) is 51.4 Å². The standard InChI is InChI=1S/C25H30N2O2/c1-18-11-13-20(14-12-18)22(27-15-7-3-4-8-16-27)17-26-25(28)24-19(2)21-9-5-6-10-23(21)29-24/h5-6,9-14,22H,3-4,7-8,15-17H2,1-2H3,(H,26,28)/t22-/m0/s1. The van der Waals surface area contributed by atoms with Crippen LogP contribution in [0.4, 0.5) is 0 Å². The lowest BCUT2D eigenvalue weighted by Crippen LogP contribution is -2.38. The van der Waals surface area contributed by atoms with Gasteiger partial charge in [-0.15, -0.1) is 0 Å².